The minimum Gasteiger partial charge on any atom is -0.352 e. The summed E-state index contributed by atoms with van der Waals surface area (Å²) in [7, 11) is -3.68. The van der Waals surface area contributed by atoms with Crippen molar-refractivity contribution in [3.63, 3.8) is 0 Å². The third-order valence-electron chi connectivity index (χ3n) is 4.52. The number of hydrogen-bond acceptors (Lipinski definition) is 4. The Morgan fingerprint density at radius 2 is 1.67 bits per heavy atom. The first-order valence-corrected chi connectivity index (χ1v) is 11.7. The molecule has 2 amide bonds. The lowest BCUT2D eigenvalue weighted by molar-refractivity contribution is -0.114. The van der Waals surface area contributed by atoms with Crippen molar-refractivity contribution in [2.24, 2.45) is 0 Å². The van der Waals surface area contributed by atoms with Gasteiger partial charge >= 0.3 is 0 Å². The fourth-order valence-electron chi connectivity index (χ4n) is 2.87. The quantitative estimate of drug-likeness (QED) is 0.636. The van der Waals surface area contributed by atoms with Gasteiger partial charge in [-0.25, -0.2) is 8.42 Å². The summed E-state index contributed by atoms with van der Waals surface area (Å²) < 4.78 is 25.7. The van der Waals surface area contributed by atoms with Gasteiger partial charge in [0.05, 0.1) is 23.2 Å². The molecule has 0 atom stereocenters. The number of anilines is 2. The van der Waals surface area contributed by atoms with Crippen molar-refractivity contribution in [3.05, 3.63) is 59.7 Å². The van der Waals surface area contributed by atoms with Gasteiger partial charge in [0, 0.05) is 6.54 Å². The summed E-state index contributed by atoms with van der Waals surface area (Å²) in [6.45, 7) is 6.16. The van der Waals surface area contributed by atoms with Crippen molar-refractivity contribution in [1.82, 2.24) is 5.32 Å². The Hall–Kier alpha value is -2.87. The van der Waals surface area contributed by atoms with Crippen LogP contribution in [-0.2, 0) is 14.8 Å². The summed E-state index contributed by atoms with van der Waals surface area (Å²) >= 11 is 0. The molecule has 0 aliphatic carbocycles. The molecule has 0 heterocycles. The molecule has 2 N–H and O–H groups in total. The van der Waals surface area contributed by atoms with E-state index in [-0.39, 0.29) is 5.91 Å². The standard InChI is InChI=1S/C22H29N3O4S/c1-5-14-23-22(27)19-8-6-7-9-20(19)24-21(26)15-25(30(4,28)29)18-12-10-17(11-13-18)16(2)3/h6-13,16H,5,14-15H2,1-4H3,(H,23,27)(H,24,26). The van der Waals surface area contributed by atoms with Gasteiger partial charge in [-0.05, 0) is 42.2 Å². The van der Waals surface area contributed by atoms with Crippen LogP contribution in [0.3, 0.4) is 0 Å². The van der Waals surface area contributed by atoms with E-state index in [1.54, 1.807) is 36.4 Å². The molecule has 8 heteroatoms. The topological polar surface area (TPSA) is 95.6 Å². The molecular weight excluding hydrogens is 402 g/mol. The highest BCUT2D eigenvalue weighted by molar-refractivity contribution is 7.92. The van der Waals surface area contributed by atoms with E-state index in [2.05, 4.69) is 10.6 Å². The van der Waals surface area contributed by atoms with E-state index in [1.165, 1.54) is 0 Å². The van der Waals surface area contributed by atoms with E-state index in [4.69, 9.17) is 0 Å². The number of sulfonamides is 1. The van der Waals surface area contributed by atoms with Gasteiger partial charge in [0.2, 0.25) is 15.9 Å². The molecule has 0 radical (unpaired) electrons. The first-order valence-electron chi connectivity index (χ1n) is 9.88. The Kier molecular flexibility index (Phi) is 8.00. The first-order chi connectivity index (χ1) is 14.1. The predicted octanol–water partition coefficient (Wildman–Crippen LogP) is 3.35. The Bertz CT molecular complexity index is 986. The highest BCUT2D eigenvalue weighted by atomic mass is 32.2. The average Bonchev–Trinajstić information content (AvgIpc) is 2.70. The van der Waals surface area contributed by atoms with Crippen LogP contribution in [0, 0.1) is 0 Å². The lowest BCUT2D eigenvalue weighted by atomic mass is 10.0. The summed E-state index contributed by atoms with van der Waals surface area (Å²) in [5.74, 6) is -0.523. The van der Waals surface area contributed by atoms with Crippen molar-refractivity contribution in [2.45, 2.75) is 33.1 Å². The second-order valence-corrected chi connectivity index (χ2v) is 9.27. The number of rotatable bonds is 9. The Morgan fingerprint density at radius 3 is 2.23 bits per heavy atom. The first kappa shape index (κ1) is 23.4. The number of nitrogens with zero attached hydrogens (tertiary/aromatic N) is 1. The number of nitrogens with one attached hydrogen (secondary N) is 2. The smallest absolute Gasteiger partial charge is 0.253 e. The summed E-state index contributed by atoms with van der Waals surface area (Å²) in [4.78, 5) is 25.0. The van der Waals surface area contributed by atoms with E-state index in [0.717, 1.165) is 22.5 Å². The molecule has 0 unspecified atom stereocenters. The minimum absolute atomic E-state index is 0.294. The minimum atomic E-state index is -3.68. The Balaban J connectivity index is 2.21. The number of carbonyl (C=O) groups excluding carboxylic acids is 2. The lowest BCUT2D eigenvalue weighted by Crippen LogP contribution is -2.37. The Labute approximate surface area is 178 Å². The zero-order valence-electron chi connectivity index (χ0n) is 17.8. The molecule has 0 fully saturated rings. The van der Waals surface area contributed by atoms with E-state index >= 15 is 0 Å². The third kappa shape index (κ3) is 6.32. The molecule has 7 nitrogen and oxygen atoms in total. The van der Waals surface area contributed by atoms with E-state index in [9.17, 15) is 18.0 Å². The van der Waals surface area contributed by atoms with Gasteiger partial charge in [-0.15, -0.1) is 0 Å². The molecule has 0 aliphatic rings. The van der Waals surface area contributed by atoms with E-state index in [0.29, 0.717) is 29.4 Å². The van der Waals surface area contributed by atoms with Gasteiger partial charge in [0.1, 0.15) is 6.54 Å². The molecule has 2 rings (SSSR count). The molecule has 2 aromatic carbocycles. The highest BCUT2D eigenvalue weighted by Gasteiger charge is 2.22. The summed E-state index contributed by atoms with van der Waals surface area (Å²) in [6.07, 6.45) is 1.85. The van der Waals surface area contributed by atoms with Crippen LogP contribution in [0.5, 0.6) is 0 Å². The van der Waals surface area contributed by atoms with Crippen LogP contribution in [-0.4, -0.2) is 39.6 Å². The molecule has 0 spiro atoms. The second kappa shape index (κ2) is 10.2. The zero-order valence-corrected chi connectivity index (χ0v) is 18.6. The molecule has 0 aromatic heterocycles. The van der Waals surface area contributed by atoms with Gasteiger partial charge in [-0.2, -0.15) is 0 Å². The maximum atomic E-state index is 12.7. The maximum absolute atomic E-state index is 12.7. The van der Waals surface area contributed by atoms with Crippen molar-refractivity contribution in [2.75, 3.05) is 29.0 Å². The Morgan fingerprint density at radius 1 is 1.03 bits per heavy atom. The van der Waals surface area contributed by atoms with Gasteiger partial charge in [0.25, 0.3) is 5.91 Å². The van der Waals surface area contributed by atoms with E-state index in [1.807, 2.05) is 32.9 Å². The summed E-state index contributed by atoms with van der Waals surface area (Å²) in [6, 6.07) is 13.7. The van der Waals surface area contributed by atoms with Gasteiger partial charge < -0.3 is 10.6 Å². The van der Waals surface area contributed by atoms with Crippen LogP contribution in [0.1, 0.15) is 49.0 Å². The lowest BCUT2D eigenvalue weighted by Gasteiger charge is -2.22. The SMILES string of the molecule is CCCNC(=O)c1ccccc1NC(=O)CN(c1ccc(C(C)C)cc1)S(C)(=O)=O. The summed E-state index contributed by atoms with van der Waals surface area (Å²) in [5.41, 5.74) is 2.14. The zero-order chi connectivity index (χ0) is 22.3. The van der Waals surface area contributed by atoms with Crippen molar-refractivity contribution in [1.29, 1.82) is 0 Å². The summed E-state index contributed by atoms with van der Waals surface area (Å²) in [5, 5.41) is 5.43. The van der Waals surface area contributed by atoms with Crippen LogP contribution >= 0.6 is 0 Å². The van der Waals surface area contributed by atoms with Crippen LogP contribution < -0.4 is 14.9 Å². The molecule has 30 heavy (non-hydrogen) atoms. The molecule has 162 valence electrons. The fraction of sp³-hybridized carbons (Fsp3) is 0.364. The molecular formula is C22H29N3O4S. The van der Waals surface area contributed by atoms with E-state index < -0.39 is 22.5 Å². The van der Waals surface area contributed by atoms with Crippen molar-refractivity contribution < 1.29 is 18.0 Å². The number of carbonyl (C=O) groups is 2. The molecule has 0 aliphatic heterocycles. The third-order valence-corrected chi connectivity index (χ3v) is 5.66. The number of hydrogen-bond donors (Lipinski definition) is 2. The second-order valence-electron chi connectivity index (χ2n) is 7.37. The van der Waals surface area contributed by atoms with Crippen LogP contribution in [0.2, 0.25) is 0 Å². The molecule has 2 aromatic rings. The van der Waals surface area contributed by atoms with Gasteiger partial charge in [0.15, 0.2) is 0 Å². The molecule has 0 saturated carbocycles. The van der Waals surface area contributed by atoms with Gasteiger partial charge in [-0.1, -0.05) is 45.0 Å². The van der Waals surface area contributed by atoms with Crippen LogP contribution in [0.15, 0.2) is 48.5 Å². The molecule has 0 saturated heterocycles. The largest absolute Gasteiger partial charge is 0.352 e. The number of para-hydroxylation sites is 1. The van der Waals surface area contributed by atoms with Crippen LogP contribution in [0.4, 0.5) is 11.4 Å². The van der Waals surface area contributed by atoms with Crippen molar-refractivity contribution >= 4 is 33.2 Å². The van der Waals surface area contributed by atoms with Crippen molar-refractivity contribution in [3.8, 4) is 0 Å². The normalized spacial score (nSPS) is 11.2. The fourth-order valence-corrected chi connectivity index (χ4v) is 3.73. The number of amides is 2. The maximum Gasteiger partial charge on any atom is 0.253 e. The monoisotopic (exact) mass is 431 g/mol. The number of benzene rings is 2. The molecule has 0 bridgehead atoms. The average molecular weight is 432 g/mol. The predicted molar refractivity (Wildman–Crippen MR) is 120 cm³/mol. The highest BCUT2D eigenvalue weighted by Crippen LogP contribution is 2.22. The van der Waals surface area contributed by atoms with Crippen LogP contribution in [0.25, 0.3) is 0 Å². The van der Waals surface area contributed by atoms with Gasteiger partial charge in [-0.3, -0.25) is 13.9 Å².